The van der Waals surface area contributed by atoms with Crippen molar-refractivity contribution >= 4 is 39.2 Å². The smallest absolute Gasteiger partial charge is 0.497 e. The summed E-state index contributed by atoms with van der Waals surface area (Å²) in [5.74, 6) is 2.18. The van der Waals surface area contributed by atoms with E-state index in [1.54, 1.807) is 14.0 Å². The second-order valence-corrected chi connectivity index (χ2v) is 9.21. The number of halogens is 1. The Bertz CT molecular complexity index is 1570. The van der Waals surface area contributed by atoms with E-state index in [2.05, 4.69) is 20.4 Å². The molecule has 0 N–H and O–H groups in total. The number of methoxy groups -OCH3 is 1. The standard InChI is InChI=1S/C26H22ClN5O5S/c1-3-35-26(33)37-21-12-28-24(27)22-18(15-38-23(21)22)14-36-20-6-4-5-17(11-20)25-29-31-32(30-25)13-16-7-9-19(34-2)10-8-16/h4-12,15H,3,13-14H2,1-2H3. The first-order valence-corrected chi connectivity index (χ1v) is 12.8. The maximum atomic E-state index is 11.8. The van der Waals surface area contributed by atoms with Gasteiger partial charge in [0.15, 0.2) is 5.75 Å². The van der Waals surface area contributed by atoms with Gasteiger partial charge in [-0.25, -0.2) is 9.78 Å². The summed E-state index contributed by atoms with van der Waals surface area (Å²) in [5.41, 5.74) is 2.60. The molecule has 0 fully saturated rings. The first-order valence-electron chi connectivity index (χ1n) is 11.6. The number of carbonyl (C=O) groups excluding carboxylic acids is 1. The zero-order chi connectivity index (χ0) is 26.5. The molecule has 0 aliphatic rings. The Balaban J connectivity index is 1.29. The van der Waals surface area contributed by atoms with Crippen LogP contribution in [0.25, 0.3) is 21.5 Å². The summed E-state index contributed by atoms with van der Waals surface area (Å²) in [6, 6.07) is 15.1. The molecule has 5 aromatic rings. The Hall–Kier alpha value is -4.22. The third-order valence-electron chi connectivity index (χ3n) is 5.47. The van der Waals surface area contributed by atoms with E-state index in [1.165, 1.54) is 22.3 Å². The first-order chi connectivity index (χ1) is 18.5. The largest absolute Gasteiger partial charge is 0.513 e. The molecule has 0 saturated heterocycles. The van der Waals surface area contributed by atoms with Crippen molar-refractivity contribution < 1.29 is 23.7 Å². The predicted molar refractivity (Wildman–Crippen MR) is 142 cm³/mol. The van der Waals surface area contributed by atoms with Crippen molar-refractivity contribution in [1.82, 2.24) is 25.2 Å². The maximum absolute atomic E-state index is 11.8. The van der Waals surface area contributed by atoms with Gasteiger partial charge in [0, 0.05) is 16.5 Å². The fourth-order valence-electron chi connectivity index (χ4n) is 3.66. The van der Waals surface area contributed by atoms with E-state index in [0.29, 0.717) is 33.4 Å². The molecule has 0 saturated carbocycles. The molecule has 0 aliphatic carbocycles. The summed E-state index contributed by atoms with van der Waals surface area (Å²) in [7, 11) is 1.63. The molecule has 2 aromatic carbocycles. The van der Waals surface area contributed by atoms with E-state index in [1.807, 2.05) is 53.9 Å². The van der Waals surface area contributed by atoms with E-state index >= 15 is 0 Å². The lowest BCUT2D eigenvalue weighted by Gasteiger charge is -2.08. The highest BCUT2D eigenvalue weighted by molar-refractivity contribution is 7.17. The van der Waals surface area contributed by atoms with E-state index in [-0.39, 0.29) is 19.0 Å². The van der Waals surface area contributed by atoms with Crippen LogP contribution >= 0.6 is 22.9 Å². The summed E-state index contributed by atoms with van der Waals surface area (Å²) in [6.07, 6.45) is 0.608. The second kappa shape index (κ2) is 11.4. The van der Waals surface area contributed by atoms with Crippen molar-refractivity contribution in [2.75, 3.05) is 13.7 Å². The minimum Gasteiger partial charge on any atom is -0.497 e. The number of tetrazole rings is 1. The molecule has 0 spiro atoms. The van der Waals surface area contributed by atoms with Gasteiger partial charge in [-0.1, -0.05) is 35.9 Å². The van der Waals surface area contributed by atoms with Crippen LogP contribution in [-0.2, 0) is 17.9 Å². The van der Waals surface area contributed by atoms with Gasteiger partial charge in [-0.3, -0.25) is 0 Å². The van der Waals surface area contributed by atoms with Crippen LogP contribution in [0, 0.1) is 0 Å². The molecule has 3 aromatic heterocycles. The number of aromatic nitrogens is 5. The Morgan fingerprint density at radius 3 is 2.76 bits per heavy atom. The molecule has 38 heavy (non-hydrogen) atoms. The van der Waals surface area contributed by atoms with Crippen LogP contribution in [0.15, 0.2) is 60.1 Å². The Morgan fingerprint density at radius 1 is 1.13 bits per heavy atom. The summed E-state index contributed by atoms with van der Waals surface area (Å²) in [4.78, 5) is 17.5. The van der Waals surface area contributed by atoms with Crippen LogP contribution in [0.5, 0.6) is 17.2 Å². The Kier molecular flexibility index (Phi) is 7.66. The number of pyridine rings is 1. The highest BCUT2D eigenvalue weighted by Crippen LogP contribution is 2.38. The topological polar surface area (TPSA) is 110 Å². The molecule has 0 aliphatic heterocycles. The van der Waals surface area contributed by atoms with E-state index < -0.39 is 6.16 Å². The normalized spacial score (nSPS) is 10.9. The number of ether oxygens (including phenoxy) is 4. The van der Waals surface area contributed by atoms with E-state index in [9.17, 15) is 4.79 Å². The van der Waals surface area contributed by atoms with Gasteiger partial charge < -0.3 is 18.9 Å². The zero-order valence-corrected chi connectivity index (χ0v) is 22.0. The average Bonchev–Trinajstić information content (AvgIpc) is 3.58. The zero-order valence-electron chi connectivity index (χ0n) is 20.5. The lowest BCUT2D eigenvalue weighted by atomic mass is 10.2. The van der Waals surface area contributed by atoms with Crippen LogP contribution in [0.2, 0.25) is 5.15 Å². The molecule has 3 heterocycles. The lowest BCUT2D eigenvalue weighted by Crippen LogP contribution is -2.10. The molecule has 5 rings (SSSR count). The van der Waals surface area contributed by atoms with Gasteiger partial charge in [-0.15, -0.1) is 21.5 Å². The van der Waals surface area contributed by atoms with Gasteiger partial charge in [-0.2, -0.15) is 4.80 Å². The second-order valence-electron chi connectivity index (χ2n) is 7.97. The highest BCUT2D eigenvalue weighted by atomic mass is 35.5. The van der Waals surface area contributed by atoms with Crippen molar-refractivity contribution in [3.05, 3.63) is 76.4 Å². The molecule has 12 heteroatoms. The lowest BCUT2D eigenvalue weighted by molar-refractivity contribution is 0.105. The number of hydrogen-bond donors (Lipinski definition) is 0. The summed E-state index contributed by atoms with van der Waals surface area (Å²) in [5, 5.41) is 15.7. The third-order valence-corrected chi connectivity index (χ3v) is 6.80. The van der Waals surface area contributed by atoms with Gasteiger partial charge in [-0.05, 0) is 47.3 Å². The van der Waals surface area contributed by atoms with Gasteiger partial charge in [0.05, 0.1) is 31.2 Å². The Labute approximate surface area is 226 Å². The van der Waals surface area contributed by atoms with Gasteiger partial charge in [0.2, 0.25) is 5.82 Å². The van der Waals surface area contributed by atoms with Crippen molar-refractivity contribution in [3.63, 3.8) is 0 Å². The Morgan fingerprint density at radius 2 is 1.97 bits per heavy atom. The molecule has 194 valence electrons. The van der Waals surface area contributed by atoms with Gasteiger partial charge in [0.25, 0.3) is 0 Å². The molecular weight excluding hydrogens is 530 g/mol. The fraction of sp³-hybridized carbons (Fsp3) is 0.192. The van der Waals surface area contributed by atoms with Crippen molar-refractivity contribution in [2.24, 2.45) is 0 Å². The third kappa shape index (κ3) is 5.68. The van der Waals surface area contributed by atoms with Crippen molar-refractivity contribution in [2.45, 2.75) is 20.1 Å². The van der Waals surface area contributed by atoms with Crippen molar-refractivity contribution in [3.8, 4) is 28.6 Å². The van der Waals surface area contributed by atoms with Crippen LogP contribution in [-0.4, -0.2) is 45.1 Å². The molecule has 0 atom stereocenters. The van der Waals surface area contributed by atoms with Gasteiger partial charge in [0.1, 0.15) is 23.3 Å². The molecule has 0 bridgehead atoms. The monoisotopic (exact) mass is 551 g/mol. The number of carbonyl (C=O) groups is 1. The quantitative estimate of drug-likeness (QED) is 0.166. The fourth-order valence-corrected chi connectivity index (χ4v) is 4.98. The van der Waals surface area contributed by atoms with Crippen LogP contribution in [0.3, 0.4) is 0 Å². The first kappa shape index (κ1) is 25.4. The molecular formula is C26H22ClN5O5S. The highest BCUT2D eigenvalue weighted by Gasteiger charge is 2.17. The average molecular weight is 552 g/mol. The van der Waals surface area contributed by atoms with E-state index in [0.717, 1.165) is 22.4 Å². The summed E-state index contributed by atoms with van der Waals surface area (Å²) in [6.45, 7) is 2.62. The van der Waals surface area contributed by atoms with Crippen LogP contribution in [0.4, 0.5) is 4.79 Å². The maximum Gasteiger partial charge on any atom is 0.513 e. The summed E-state index contributed by atoms with van der Waals surface area (Å²) >= 11 is 7.75. The number of hydrogen-bond acceptors (Lipinski definition) is 10. The molecule has 0 amide bonds. The minimum absolute atomic E-state index is 0.208. The van der Waals surface area contributed by atoms with Crippen LogP contribution < -0.4 is 14.2 Å². The number of benzene rings is 2. The van der Waals surface area contributed by atoms with Crippen LogP contribution in [0.1, 0.15) is 18.1 Å². The number of fused-ring (bicyclic) bond motifs is 1. The van der Waals surface area contributed by atoms with E-state index in [4.69, 9.17) is 30.5 Å². The summed E-state index contributed by atoms with van der Waals surface area (Å²) < 4.78 is 22.1. The van der Waals surface area contributed by atoms with Crippen molar-refractivity contribution in [1.29, 1.82) is 0 Å². The number of rotatable bonds is 9. The predicted octanol–water partition coefficient (Wildman–Crippen LogP) is 5.77. The number of nitrogens with zero attached hydrogens (tertiary/aromatic N) is 5. The molecule has 10 nitrogen and oxygen atoms in total. The minimum atomic E-state index is -0.796. The SMILES string of the molecule is CCOC(=O)Oc1cnc(Cl)c2c(COc3cccc(-c4nnn(Cc5ccc(OC)cc5)n4)c3)csc12. The molecule has 0 radical (unpaired) electrons. The number of thiophene rings is 1. The van der Waals surface area contributed by atoms with Gasteiger partial charge >= 0.3 is 6.16 Å². The molecule has 0 unspecified atom stereocenters.